The van der Waals surface area contributed by atoms with Gasteiger partial charge in [-0.05, 0) is 0 Å². The van der Waals surface area contributed by atoms with Gasteiger partial charge in [-0.15, -0.1) is 0 Å². The monoisotopic (exact) mass is 292 g/mol. The van der Waals surface area contributed by atoms with Crippen molar-refractivity contribution in [3.63, 3.8) is 0 Å². The zero-order valence-electron chi connectivity index (χ0n) is 10.5. The van der Waals surface area contributed by atoms with E-state index in [0.29, 0.717) is 0 Å². The van der Waals surface area contributed by atoms with Crippen molar-refractivity contribution in [3.05, 3.63) is 5.14 Å². The molecule has 0 aromatic heterocycles. The minimum atomic E-state index is -5.59. The van der Waals surface area contributed by atoms with Crippen LogP contribution >= 0.6 is 0 Å². The van der Waals surface area contributed by atoms with E-state index in [1.807, 2.05) is 0 Å². The Labute approximate surface area is 105 Å². The molecule has 0 bridgehead atoms. The SMILES string of the molecule is COCC[N+]1(C)CCCC1.[NH-]S(=O)(=O)C(F)(F)F. The van der Waals surface area contributed by atoms with Gasteiger partial charge in [0.1, 0.15) is 6.54 Å². The highest BCUT2D eigenvalue weighted by Crippen LogP contribution is 2.23. The molecule has 1 aliphatic heterocycles. The molecular formula is C9H19F3N2O3S. The number of likely N-dealkylation sites (N-methyl/N-ethyl adjacent to an activating group) is 1. The van der Waals surface area contributed by atoms with E-state index in [1.165, 1.54) is 37.0 Å². The van der Waals surface area contributed by atoms with Gasteiger partial charge in [-0.3, -0.25) is 0 Å². The lowest BCUT2D eigenvalue weighted by molar-refractivity contribution is -0.897. The van der Waals surface area contributed by atoms with Gasteiger partial charge in [-0.1, -0.05) is 0 Å². The van der Waals surface area contributed by atoms with Crippen molar-refractivity contribution in [2.45, 2.75) is 18.3 Å². The molecule has 0 aromatic rings. The maximum Gasteiger partial charge on any atom is 0.479 e. The Morgan fingerprint density at radius 1 is 1.28 bits per heavy atom. The second-order valence-corrected chi connectivity index (χ2v) is 5.91. The molecule has 5 nitrogen and oxygen atoms in total. The predicted octanol–water partition coefficient (Wildman–Crippen LogP) is 1.76. The quantitative estimate of drug-likeness (QED) is 0.744. The maximum atomic E-state index is 10.8. The molecule has 0 atom stereocenters. The lowest BCUT2D eigenvalue weighted by atomic mass is 10.4. The number of rotatable bonds is 3. The Morgan fingerprint density at radius 3 is 1.94 bits per heavy atom. The fraction of sp³-hybridized carbons (Fsp3) is 1.00. The average Bonchev–Trinajstić information content (AvgIpc) is 2.61. The summed E-state index contributed by atoms with van der Waals surface area (Å²) in [7, 11) is -1.48. The summed E-state index contributed by atoms with van der Waals surface area (Å²) in [6.45, 7) is 4.81. The third-order valence-electron chi connectivity index (χ3n) is 2.79. The number of hydrogen-bond acceptors (Lipinski definition) is 3. The van der Waals surface area contributed by atoms with E-state index in [0.717, 1.165) is 6.61 Å². The summed E-state index contributed by atoms with van der Waals surface area (Å²) in [4.78, 5) is 0. The molecule has 0 spiro atoms. The molecule has 0 aliphatic carbocycles. The average molecular weight is 292 g/mol. The summed E-state index contributed by atoms with van der Waals surface area (Å²) in [5.74, 6) is 0. The number of quaternary nitrogens is 1. The van der Waals surface area contributed by atoms with Crippen molar-refractivity contribution in [2.24, 2.45) is 0 Å². The molecule has 0 unspecified atom stereocenters. The zero-order chi connectivity index (χ0) is 14.4. The molecule has 1 aliphatic rings. The Morgan fingerprint density at radius 2 is 1.67 bits per heavy atom. The van der Waals surface area contributed by atoms with Crippen LogP contribution < -0.4 is 0 Å². The van der Waals surface area contributed by atoms with Gasteiger partial charge in [0, 0.05) is 20.0 Å². The number of halogens is 3. The molecule has 0 aromatic carbocycles. The normalized spacial score (nSPS) is 19.2. The minimum absolute atomic E-state index is 0.913. The molecular weight excluding hydrogens is 273 g/mol. The number of alkyl halides is 3. The van der Waals surface area contributed by atoms with Gasteiger partial charge in [0.2, 0.25) is 0 Å². The van der Waals surface area contributed by atoms with Gasteiger partial charge < -0.3 is 14.4 Å². The second kappa shape index (κ2) is 6.69. The number of nitrogens with zero attached hydrogens (tertiary/aromatic N) is 1. The van der Waals surface area contributed by atoms with E-state index >= 15 is 0 Å². The summed E-state index contributed by atoms with van der Waals surface area (Å²) in [5.41, 5.74) is -5.42. The highest BCUT2D eigenvalue weighted by Gasteiger charge is 2.36. The van der Waals surface area contributed by atoms with Crippen LogP contribution in [-0.4, -0.2) is 58.8 Å². The lowest BCUT2D eigenvalue weighted by Crippen LogP contribution is -2.43. The van der Waals surface area contributed by atoms with Gasteiger partial charge in [0.25, 0.3) is 0 Å². The molecule has 18 heavy (non-hydrogen) atoms. The van der Waals surface area contributed by atoms with Crippen molar-refractivity contribution in [1.29, 1.82) is 0 Å². The fourth-order valence-corrected chi connectivity index (χ4v) is 1.63. The van der Waals surface area contributed by atoms with E-state index in [9.17, 15) is 21.6 Å². The minimum Gasteiger partial charge on any atom is -0.556 e. The van der Waals surface area contributed by atoms with Crippen molar-refractivity contribution in [2.75, 3.05) is 40.4 Å². The van der Waals surface area contributed by atoms with Gasteiger partial charge in [0.05, 0.1) is 26.7 Å². The standard InChI is InChI=1S/C8H18NO.CHF3NO2S/c1-9(7-8-10-2)5-3-4-6-9;2-1(3,4)8(5,6)7/h3-8H2,1-2H3;(H-,5,6,7)/q+1;-1. The molecule has 1 saturated heterocycles. The predicted molar refractivity (Wildman–Crippen MR) is 61.2 cm³/mol. The van der Waals surface area contributed by atoms with E-state index in [-0.39, 0.29) is 0 Å². The lowest BCUT2D eigenvalue weighted by Gasteiger charge is -2.28. The molecule has 0 radical (unpaired) electrons. The van der Waals surface area contributed by atoms with E-state index < -0.39 is 15.5 Å². The zero-order valence-corrected chi connectivity index (χ0v) is 11.3. The third-order valence-corrected chi connectivity index (χ3v) is 3.40. The number of methoxy groups -OCH3 is 1. The first-order valence-corrected chi connectivity index (χ1v) is 6.88. The van der Waals surface area contributed by atoms with Crippen LogP contribution in [0.3, 0.4) is 0 Å². The Balaban J connectivity index is 0.000000331. The molecule has 1 rings (SSSR count). The van der Waals surface area contributed by atoms with Crippen molar-refractivity contribution in [3.8, 4) is 0 Å². The summed E-state index contributed by atoms with van der Waals surface area (Å²) < 4.78 is 57.0. The smallest absolute Gasteiger partial charge is 0.479 e. The van der Waals surface area contributed by atoms with Crippen molar-refractivity contribution < 1.29 is 30.8 Å². The van der Waals surface area contributed by atoms with Crippen LogP contribution in [0.4, 0.5) is 13.2 Å². The first-order valence-electron chi connectivity index (χ1n) is 5.40. The van der Waals surface area contributed by atoms with Crippen LogP contribution in [0, 0.1) is 0 Å². The first kappa shape index (κ1) is 17.6. The van der Waals surface area contributed by atoms with Gasteiger partial charge >= 0.3 is 5.51 Å². The van der Waals surface area contributed by atoms with Crippen LogP contribution in [-0.2, 0) is 14.8 Å². The molecule has 0 saturated carbocycles. The van der Waals surface area contributed by atoms with Crippen LogP contribution in [0.1, 0.15) is 12.8 Å². The number of likely N-dealkylation sites (tertiary alicyclic amines) is 1. The Hall–Kier alpha value is -0.380. The van der Waals surface area contributed by atoms with Crippen molar-refractivity contribution in [1.82, 2.24) is 0 Å². The first-order chi connectivity index (χ1) is 8.02. The number of nitrogens with one attached hydrogen (secondary N) is 1. The topological polar surface area (TPSA) is 67.2 Å². The van der Waals surface area contributed by atoms with Gasteiger partial charge in [-0.2, -0.15) is 13.2 Å². The highest BCUT2D eigenvalue weighted by atomic mass is 32.2. The van der Waals surface area contributed by atoms with Crippen LogP contribution in [0.2, 0.25) is 0 Å². The number of sulfonamides is 1. The van der Waals surface area contributed by atoms with Crippen LogP contribution in [0.5, 0.6) is 0 Å². The number of ether oxygens (including phenoxy) is 1. The Bertz CT molecular complexity index is 337. The molecule has 1 heterocycles. The summed E-state index contributed by atoms with van der Waals surface area (Å²) in [6.07, 6.45) is 2.81. The highest BCUT2D eigenvalue weighted by molar-refractivity contribution is 7.93. The number of hydrogen-bond donors (Lipinski definition) is 0. The van der Waals surface area contributed by atoms with Gasteiger partial charge in [-0.25, -0.2) is 8.42 Å². The summed E-state index contributed by atoms with van der Waals surface area (Å²) in [5, 5.41) is 5.43. The molecule has 1 N–H and O–H groups in total. The fourth-order valence-electron chi connectivity index (χ4n) is 1.63. The van der Waals surface area contributed by atoms with Crippen molar-refractivity contribution >= 4 is 10.0 Å². The largest absolute Gasteiger partial charge is 0.556 e. The second-order valence-electron chi connectivity index (χ2n) is 4.44. The van der Waals surface area contributed by atoms with E-state index in [2.05, 4.69) is 7.05 Å². The Kier molecular flexibility index (Phi) is 6.55. The molecule has 0 amide bonds. The van der Waals surface area contributed by atoms with Crippen LogP contribution in [0.25, 0.3) is 5.14 Å². The van der Waals surface area contributed by atoms with E-state index in [4.69, 9.17) is 9.88 Å². The van der Waals surface area contributed by atoms with Gasteiger partial charge in [0.15, 0.2) is 10.0 Å². The maximum absolute atomic E-state index is 10.8. The molecule has 1 fully saturated rings. The van der Waals surface area contributed by atoms with Crippen LogP contribution in [0.15, 0.2) is 0 Å². The summed E-state index contributed by atoms with van der Waals surface area (Å²) in [6, 6.07) is 0. The third kappa shape index (κ3) is 6.53. The molecule has 9 heteroatoms. The van der Waals surface area contributed by atoms with E-state index in [1.54, 1.807) is 7.11 Å². The molecule has 110 valence electrons. The summed E-state index contributed by atoms with van der Waals surface area (Å²) >= 11 is 0.